The number of aliphatic hydroxyl groups excluding tert-OH is 10. The Morgan fingerprint density at radius 2 is 0.862 bits per heavy atom. The highest BCUT2D eigenvalue weighted by Gasteiger charge is 2.34. The van der Waals surface area contributed by atoms with Crippen LogP contribution in [0, 0.1) is 0 Å². The second-order valence-corrected chi connectivity index (χ2v) is 5.37. The molecule has 0 saturated carbocycles. The van der Waals surface area contributed by atoms with Crippen molar-refractivity contribution < 1.29 is 66.1 Å². The minimum atomic E-state index is -1.98. The molecule has 0 saturated heterocycles. The van der Waals surface area contributed by atoms with Gasteiger partial charge in [-0.05, 0) is 0 Å². The number of rotatable bonds is 10. The van der Waals surface area contributed by atoms with Gasteiger partial charge in [-0.15, -0.1) is 0 Å². The molecule has 0 aliphatic carbocycles. The molecule has 18 N–H and O–H groups in total. The number of hydrogen-bond acceptors (Lipinski definition) is 14. The maximum absolute atomic E-state index is 10.7. The van der Waals surface area contributed by atoms with Crippen molar-refractivity contribution >= 4 is 11.8 Å². The minimum absolute atomic E-state index is 0. The second kappa shape index (κ2) is 16.2. The summed E-state index contributed by atoms with van der Waals surface area (Å²) in [4.78, 5) is 21.3. The van der Waals surface area contributed by atoms with Crippen molar-refractivity contribution in [2.24, 2.45) is 11.7 Å². The molecule has 2 amide bonds. The fourth-order valence-corrected chi connectivity index (χ4v) is 1.53. The third-order valence-electron chi connectivity index (χ3n) is 3.33. The van der Waals surface area contributed by atoms with Gasteiger partial charge in [-0.1, -0.05) is 0 Å². The van der Waals surface area contributed by atoms with Crippen LogP contribution in [0.2, 0.25) is 0 Å². The number of hydrogen-bond donors (Lipinski definition) is 14. The van der Waals surface area contributed by atoms with Gasteiger partial charge in [0.25, 0.3) is 11.8 Å². The number of aliphatic hydroxyl groups is 10. The number of nitrogens with one attached hydrogen (secondary N) is 2. The molecule has 17 nitrogen and oxygen atoms in total. The molecule has 0 aliphatic rings. The van der Waals surface area contributed by atoms with E-state index in [1.807, 2.05) is 0 Å². The molecular formula is C12H30N4O13. The third-order valence-corrected chi connectivity index (χ3v) is 3.33. The lowest BCUT2D eigenvalue weighted by Gasteiger charge is -2.24. The number of hydrazine groups is 2. The van der Waals surface area contributed by atoms with Crippen LogP contribution in [-0.2, 0) is 9.59 Å². The van der Waals surface area contributed by atoms with E-state index in [4.69, 9.17) is 51.1 Å². The molecule has 0 aliphatic heterocycles. The van der Waals surface area contributed by atoms with Crippen molar-refractivity contribution in [2.75, 3.05) is 13.2 Å². The summed E-state index contributed by atoms with van der Waals surface area (Å²) in [6.45, 7) is -1.62. The monoisotopic (exact) mass is 438 g/mol. The summed E-state index contributed by atoms with van der Waals surface area (Å²) in [5.41, 5.74) is 3.11. The van der Waals surface area contributed by atoms with Crippen molar-refractivity contribution in [1.29, 1.82) is 0 Å². The van der Waals surface area contributed by atoms with Crippen LogP contribution < -0.4 is 22.5 Å². The Balaban J connectivity index is -0.000000451. The van der Waals surface area contributed by atoms with E-state index in [2.05, 4.69) is 11.7 Å². The molecule has 176 valence electrons. The standard InChI is InChI=1S/2C6H14N2O6.H2O/c2*7-8-6(14)5(13)4(12)3(11)2(10)1-9;/h2*2-5,9-13H,1,7H2,(H,8,14);1H2/t2*2-,3+,4+,5-;/m00./s1. The first-order valence-electron chi connectivity index (χ1n) is 7.58. The second-order valence-electron chi connectivity index (χ2n) is 5.37. The van der Waals surface area contributed by atoms with Gasteiger partial charge in [0.05, 0.1) is 13.2 Å². The lowest BCUT2D eigenvalue weighted by Crippen LogP contribution is -2.52. The van der Waals surface area contributed by atoms with Crippen molar-refractivity contribution in [3.8, 4) is 0 Å². The summed E-state index contributed by atoms with van der Waals surface area (Å²) in [6, 6.07) is 0. The van der Waals surface area contributed by atoms with Crippen LogP contribution in [0.1, 0.15) is 0 Å². The molecule has 8 atom stereocenters. The molecule has 0 heterocycles. The van der Waals surface area contributed by atoms with Gasteiger partial charge < -0.3 is 56.5 Å². The molecule has 29 heavy (non-hydrogen) atoms. The van der Waals surface area contributed by atoms with Crippen LogP contribution >= 0.6 is 0 Å². The lowest BCUT2D eigenvalue weighted by atomic mass is 10.0. The molecule has 0 aromatic carbocycles. The highest BCUT2D eigenvalue weighted by Crippen LogP contribution is 2.05. The van der Waals surface area contributed by atoms with Gasteiger partial charge in [-0.25, -0.2) is 11.7 Å². The number of amides is 2. The summed E-state index contributed by atoms with van der Waals surface area (Å²) >= 11 is 0. The van der Waals surface area contributed by atoms with Crippen molar-refractivity contribution in [3.05, 3.63) is 0 Å². The zero-order valence-corrected chi connectivity index (χ0v) is 15.0. The van der Waals surface area contributed by atoms with E-state index in [0.717, 1.165) is 0 Å². The Kier molecular flexibility index (Phi) is 18.0. The average Bonchev–Trinajstić information content (AvgIpc) is 2.73. The zero-order chi connectivity index (χ0) is 22.6. The van der Waals surface area contributed by atoms with Crippen LogP contribution in [0.4, 0.5) is 0 Å². The Hall–Kier alpha value is -1.58. The summed E-state index contributed by atoms with van der Waals surface area (Å²) in [6.07, 6.45) is -14.8. The molecule has 17 heteroatoms. The Morgan fingerprint density at radius 1 is 0.621 bits per heavy atom. The largest absolute Gasteiger partial charge is 0.412 e. The molecule has 0 spiro atoms. The summed E-state index contributed by atoms with van der Waals surface area (Å²) in [5, 5.41) is 88.9. The number of nitrogens with two attached hydrogens (primary N) is 2. The van der Waals surface area contributed by atoms with E-state index in [9.17, 15) is 9.59 Å². The van der Waals surface area contributed by atoms with E-state index in [0.29, 0.717) is 0 Å². The first kappa shape index (κ1) is 32.1. The number of carbonyl (C=O) groups excluding carboxylic acids is 2. The molecule has 0 rings (SSSR count). The first-order valence-corrected chi connectivity index (χ1v) is 7.58. The van der Waals surface area contributed by atoms with Crippen LogP contribution in [0.5, 0.6) is 0 Å². The Morgan fingerprint density at radius 3 is 1.03 bits per heavy atom. The van der Waals surface area contributed by atoms with Crippen molar-refractivity contribution in [2.45, 2.75) is 48.8 Å². The molecule has 0 fully saturated rings. The van der Waals surface area contributed by atoms with Crippen LogP contribution in [0.3, 0.4) is 0 Å². The van der Waals surface area contributed by atoms with Crippen LogP contribution in [-0.4, -0.2) is 130 Å². The van der Waals surface area contributed by atoms with Gasteiger partial charge in [0, 0.05) is 0 Å². The van der Waals surface area contributed by atoms with Crippen LogP contribution in [0.15, 0.2) is 0 Å². The Labute approximate surface area is 163 Å². The predicted octanol–water partition coefficient (Wildman–Crippen LogP) is -10.0. The third kappa shape index (κ3) is 10.7. The maximum Gasteiger partial charge on any atom is 0.265 e. The molecular weight excluding hydrogens is 408 g/mol. The highest BCUT2D eigenvalue weighted by molar-refractivity contribution is 5.80. The average molecular weight is 438 g/mol. The van der Waals surface area contributed by atoms with E-state index >= 15 is 0 Å². The zero-order valence-electron chi connectivity index (χ0n) is 15.0. The van der Waals surface area contributed by atoms with Gasteiger partial charge in [0.2, 0.25) is 0 Å². The van der Waals surface area contributed by atoms with Gasteiger partial charge in [-0.3, -0.25) is 20.4 Å². The van der Waals surface area contributed by atoms with Gasteiger partial charge in [-0.2, -0.15) is 0 Å². The molecule has 0 unspecified atom stereocenters. The highest BCUT2D eigenvalue weighted by atomic mass is 16.4. The summed E-state index contributed by atoms with van der Waals surface area (Å²) in [5.74, 6) is 7.09. The summed E-state index contributed by atoms with van der Waals surface area (Å²) < 4.78 is 0. The topological polar surface area (TPSA) is 344 Å². The molecule has 0 radical (unpaired) electrons. The minimum Gasteiger partial charge on any atom is -0.412 e. The lowest BCUT2D eigenvalue weighted by molar-refractivity contribution is -0.149. The SMILES string of the molecule is NNC(=O)[C@@H](O)[C@H](O)[C@H](O)[C@@H](O)CO.NNC(=O)[C@@H](O)[C@H](O)[C@H](O)[C@@H](O)CO.O. The van der Waals surface area contributed by atoms with Gasteiger partial charge in [0.15, 0.2) is 12.2 Å². The van der Waals surface area contributed by atoms with Gasteiger partial charge in [0.1, 0.15) is 36.6 Å². The maximum atomic E-state index is 10.7. The van der Waals surface area contributed by atoms with E-state index in [-0.39, 0.29) is 5.48 Å². The van der Waals surface area contributed by atoms with E-state index in [1.54, 1.807) is 10.9 Å². The molecule has 0 bridgehead atoms. The fraction of sp³-hybridized carbons (Fsp3) is 0.833. The summed E-state index contributed by atoms with van der Waals surface area (Å²) in [7, 11) is 0. The predicted molar refractivity (Wildman–Crippen MR) is 90.5 cm³/mol. The number of carbonyl (C=O) groups is 2. The quantitative estimate of drug-likeness (QED) is 0.0855. The van der Waals surface area contributed by atoms with E-state index in [1.165, 1.54) is 0 Å². The smallest absolute Gasteiger partial charge is 0.265 e. The van der Waals surface area contributed by atoms with Crippen LogP contribution in [0.25, 0.3) is 0 Å². The van der Waals surface area contributed by atoms with Crippen molar-refractivity contribution in [3.63, 3.8) is 0 Å². The van der Waals surface area contributed by atoms with Gasteiger partial charge >= 0.3 is 0 Å². The first-order chi connectivity index (χ1) is 12.9. The van der Waals surface area contributed by atoms with E-state index < -0.39 is 73.9 Å². The normalized spacial score (nSPS) is 18.9. The molecule has 0 aromatic heterocycles. The molecule has 0 aromatic rings. The van der Waals surface area contributed by atoms with Crippen molar-refractivity contribution in [1.82, 2.24) is 10.9 Å². The Bertz CT molecular complexity index is 420. The fourth-order valence-electron chi connectivity index (χ4n) is 1.53.